The molecule has 1 N–H and O–H groups in total. The first-order valence-electron chi connectivity index (χ1n) is 10.3. The van der Waals surface area contributed by atoms with E-state index in [-0.39, 0.29) is 11.9 Å². The zero-order valence-electron chi connectivity index (χ0n) is 16.2. The van der Waals surface area contributed by atoms with Gasteiger partial charge in [0.25, 0.3) is 5.91 Å². The average Bonchev–Trinajstić information content (AvgIpc) is 3.40. The fourth-order valence-electron chi connectivity index (χ4n) is 4.25. The minimum absolute atomic E-state index is 0.0323. The number of likely N-dealkylation sites (tertiary alicyclic amines) is 1. The molecular weight excluding hydrogens is 356 g/mol. The molecule has 0 aliphatic carbocycles. The van der Waals surface area contributed by atoms with Gasteiger partial charge in [0.1, 0.15) is 11.9 Å². The van der Waals surface area contributed by atoms with Gasteiger partial charge in [-0.25, -0.2) is 0 Å². The second-order valence-electron chi connectivity index (χ2n) is 7.74. The predicted octanol–water partition coefficient (Wildman–Crippen LogP) is 3.18. The second kappa shape index (κ2) is 8.73. The SMILES string of the molecule is O=C(c1ccc(N2CCCC2)nn1)N1CCCCC[C@@H]1C[C@H](O)c1ccco1. The first-order chi connectivity index (χ1) is 13.7. The molecule has 2 aromatic rings. The Balaban J connectivity index is 1.47. The van der Waals surface area contributed by atoms with Gasteiger partial charge in [-0.05, 0) is 49.9 Å². The summed E-state index contributed by atoms with van der Waals surface area (Å²) in [6, 6.07) is 7.20. The number of hydrogen-bond donors (Lipinski definition) is 1. The highest BCUT2D eigenvalue weighted by Crippen LogP contribution is 2.28. The van der Waals surface area contributed by atoms with E-state index in [1.165, 1.54) is 12.8 Å². The van der Waals surface area contributed by atoms with Gasteiger partial charge in [0.05, 0.1) is 6.26 Å². The molecule has 2 saturated heterocycles. The van der Waals surface area contributed by atoms with E-state index in [4.69, 9.17) is 4.42 Å². The van der Waals surface area contributed by atoms with Crippen molar-refractivity contribution in [1.29, 1.82) is 0 Å². The Morgan fingerprint density at radius 3 is 2.64 bits per heavy atom. The van der Waals surface area contributed by atoms with Crippen LogP contribution in [-0.2, 0) is 0 Å². The van der Waals surface area contributed by atoms with Crippen molar-refractivity contribution in [3.63, 3.8) is 0 Å². The topological polar surface area (TPSA) is 82.7 Å². The number of amides is 1. The highest BCUT2D eigenvalue weighted by Gasteiger charge is 2.30. The molecule has 2 aliphatic rings. The maximum Gasteiger partial charge on any atom is 0.274 e. The van der Waals surface area contributed by atoms with Crippen LogP contribution in [0.15, 0.2) is 34.9 Å². The van der Waals surface area contributed by atoms with Gasteiger partial charge in [-0.3, -0.25) is 4.79 Å². The number of anilines is 1. The van der Waals surface area contributed by atoms with Gasteiger partial charge in [-0.2, -0.15) is 0 Å². The molecule has 0 bridgehead atoms. The summed E-state index contributed by atoms with van der Waals surface area (Å²) < 4.78 is 5.33. The number of furan rings is 1. The number of carbonyl (C=O) groups excluding carboxylic acids is 1. The van der Waals surface area contributed by atoms with Crippen LogP contribution in [0.4, 0.5) is 5.82 Å². The van der Waals surface area contributed by atoms with Crippen LogP contribution in [0.2, 0.25) is 0 Å². The molecule has 7 heteroatoms. The number of aliphatic hydroxyl groups excluding tert-OH is 1. The van der Waals surface area contributed by atoms with Crippen molar-refractivity contribution in [1.82, 2.24) is 15.1 Å². The fourth-order valence-corrected chi connectivity index (χ4v) is 4.25. The lowest BCUT2D eigenvalue weighted by Gasteiger charge is -2.31. The predicted molar refractivity (Wildman–Crippen MR) is 105 cm³/mol. The van der Waals surface area contributed by atoms with Crippen molar-refractivity contribution in [2.24, 2.45) is 0 Å². The van der Waals surface area contributed by atoms with Crippen LogP contribution >= 0.6 is 0 Å². The van der Waals surface area contributed by atoms with Crippen LogP contribution in [0.3, 0.4) is 0 Å². The minimum Gasteiger partial charge on any atom is -0.467 e. The van der Waals surface area contributed by atoms with Gasteiger partial charge >= 0.3 is 0 Å². The van der Waals surface area contributed by atoms with Crippen molar-refractivity contribution < 1.29 is 14.3 Å². The number of rotatable bonds is 5. The van der Waals surface area contributed by atoms with Crippen LogP contribution in [0, 0.1) is 0 Å². The zero-order chi connectivity index (χ0) is 19.3. The number of aliphatic hydroxyl groups is 1. The van der Waals surface area contributed by atoms with Gasteiger partial charge in [0.2, 0.25) is 0 Å². The Morgan fingerprint density at radius 1 is 1.11 bits per heavy atom. The summed E-state index contributed by atoms with van der Waals surface area (Å²) in [6.07, 6.45) is 7.67. The van der Waals surface area contributed by atoms with E-state index in [2.05, 4.69) is 15.1 Å². The normalized spacial score (nSPS) is 21.5. The fraction of sp³-hybridized carbons (Fsp3) is 0.571. The maximum atomic E-state index is 13.2. The summed E-state index contributed by atoms with van der Waals surface area (Å²) in [5.74, 6) is 1.29. The van der Waals surface area contributed by atoms with Gasteiger partial charge in [0, 0.05) is 32.1 Å². The smallest absolute Gasteiger partial charge is 0.274 e. The summed E-state index contributed by atoms with van der Waals surface area (Å²) in [5, 5.41) is 19.0. The average molecular weight is 384 g/mol. The van der Waals surface area contributed by atoms with Crippen LogP contribution in [-0.4, -0.2) is 51.8 Å². The van der Waals surface area contributed by atoms with Crippen molar-refractivity contribution in [2.75, 3.05) is 24.5 Å². The number of hydrogen-bond acceptors (Lipinski definition) is 6. The quantitative estimate of drug-likeness (QED) is 0.853. The van der Waals surface area contributed by atoms with Gasteiger partial charge < -0.3 is 19.3 Å². The molecule has 2 fully saturated rings. The molecule has 0 unspecified atom stereocenters. The van der Waals surface area contributed by atoms with Crippen LogP contribution in [0.25, 0.3) is 0 Å². The van der Waals surface area contributed by atoms with Gasteiger partial charge in [-0.15, -0.1) is 10.2 Å². The van der Waals surface area contributed by atoms with Gasteiger partial charge in [-0.1, -0.05) is 12.8 Å². The van der Waals surface area contributed by atoms with Crippen molar-refractivity contribution in [3.8, 4) is 0 Å². The number of carbonyl (C=O) groups is 1. The Bertz CT molecular complexity index is 756. The number of aromatic nitrogens is 2. The monoisotopic (exact) mass is 384 g/mol. The summed E-state index contributed by atoms with van der Waals surface area (Å²) in [4.78, 5) is 17.2. The second-order valence-corrected chi connectivity index (χ2v) is 7.74. The largest absolute Gasteiger partial charge is 0.467 e. The van der Waals surface area contributed by atoms with E-state index >= 15 is 0 Å². The lowest BCUT2D eigenvalue weighted by Crippen LogP contribution is -2.41. The molecule has 2 aliphatic heterocycles. The van der Waals surface area contributed by atoms with Crippen molar-refractivity contribution in [2.45, 2.75) is 57.1 Å². The number of nitrogens with zero attached hydrogens (tertiary/aromatic N) is 4. The van der Waals surface area contributed by atoms with E-state index in [9.17, 15) is 9.90 Å². The Morgan fingerprint density at radius 2 is 1.93 bits per heavy atom. The summed E-state index contributed by atoms with van der Waals surface area (Å²) >= 11 is 0. The molecular formula is C21H28N4O3. The molecule has 2 atom stereocenters. The molecule has 150 valence electrons. The summed E-state index contributed by atoms with van der Waals surface area (Å²) in [5.41, 5.74) is 0.377. The first-order valence-corrected chi connectivity index (χ1v) is 10.3. The molecule has 0 saturated carbocycles. The van der Waals surface area contributed by atoms with Crippen molar-refractivity contribution in [3.05, 3.63) is 42.0 Å². The Labute approximate surface area is 165 Å². The third-order valence-electron chi connectivity index (χ3n) is 5.80. The van der Waals surface area contributed by atoms with Crippen LogP contribution in [0.5, 0.6) is 0 Å². The molecule has 0 aromatic carbocycles. The van der Waals surface area contributed by atoms with Crippen molar-refractivity contribution >= 4 is 11.7 Å². The third-order valence-corrected chi connectivity index (χ3v) is 5.80. The zero-order valence-corrected chi connectivity index (χ0v) is 16.2. The van der Waals surface area contributed by atoms with E-state index < -0.39 is 6.10 Å². The van der Waals surface area contributed by atoms with E-state index in [1.54, 1.807) is 24.5 Å². The Kier molecular flexibility index (Phi) is 5.90. The lowest BCUT2D eigenvalue weighted by atomic mass is 10.0. The maximum absolute atomic E-state index is 13.2. The lowest BCUT2D eigenvalue weighted by molar-refractivity contribution is 0.0551. The summed E-state index contributed by atoms with van der Waals surface area (Å²) in [6.45, 7) is 2.69. The molecule has 2 aromatic heterocycles. The standard InChI is InChI=1S/C21H28N4O3/c26-18(19-8-6-14-28-19)15-16-7-2-1-3-13-25(16)21(27)17-9-10-20(23-22-17)24-11-4-5-12-24/h6,8-10,14,16,18,26H,1-5,7,11-13,15H2/t16-,18+/m1/s1. The highest BCUT2D eigenvalue weighted by molar-refractivity contribution is 5.92. The molecule has 0 radical (unpaired) electrons. The summed E-state index contributed by atoms with van der Waals surface area (Å²) in [7, 11) is 0. The highest BCUT2D eigenvalue weighted by atomic mass is 16.4. The molecule has 1 amide bonds. The van der Waals surface area contributed by atoms with E-state index in [0.29, 0.717) is 24.4 Å². The third kappa shape index (κ3) is 4.19. The van der Waals surface area contributed by atoms with Crippen LogP contribution < -0.4 is 4.90 Å². The van der Waals surface area contributed by atoms with E-state index in [0.717, 1.165) is 44.6 Å². The Hall–Kier alpha value is -2.41. The molecule has 0 spiro atoms. The first kappa shape index (κ1) is 18.9. The van der Waals surface area contributed by atoms with Crippen LogP contribution in [0.1, 0.15) is 67.3 Å². The molecule has 4 heterocycles. The molecule has 7 nitrogen and oxygen atoms in total. The molecule has 4 rings (SSSR count). The minimum atomic E-state index is -0.711. The van der Waals surface area contributed by atoms with E-state index in [1.807, 2.05) is 11.0 Å². The van der Waals surface area contributed by atoms with Gasteiger partial charge in [0.15, 0.2) is 11.5 Å². The molecule has 28 heavy (non-hydrogen) atoms.